The summed E-state index contributed by atoms with van der Waals surface area (Å²) in [7, 11) is 0. The van der Waals surface area contributed by atoms with Crippen LogP contribution in [0, 0.1) is 11.8 Å². The van der Waals surface area contributed by atoms with Gasteiger partial charge in [-0.15, -0.1) is 0 Å². The zero-order valence-corrected chi connectivity index (χ0v) is 13.9. The summed E-state index contributed by atoms with van der Waals surface area (Å²) in [6.45, 7) is 2.75. The summed E-state index contributed by atoms with van der Waals surface area (Å²) in [6, 6.07) is 0. The molecule has 0 radical (unpaired) electrons. The van der Waals surface area contributed by atoms with Crippen LogP contribution < -0.4 is 0 Å². The predicted molar refractivity (Wildman–Crippen MR) is 72.7 cm³/mol. The van der Waals surface area contributed by atoms with Gasteiger partial charge in [0.25, 0.3) is 11.8 Å². The Balaban J connectivity index is 5.06. The zero-order chi connectivity index (χ0) is 20.1. The Labute approximate surface area is 140 Å². The Morgan fingerprint density at radius 1 is 0.680 bits per heavy atom. The van der Waals surface area contributed by atoms with Gasteiger partial charge in [-0.25, -0.2) is 17.6 Å². The first kappa shape index (κ1) is 24.3. The molecule has 0 aromatic carbocycles. The SMILES string of the molecule is CCCCC(CC(F)(F)CC(F)(F)F)C(C)CC(F)(F)CC(F)(F)F. The van der Waals surface area contributed by atoms with Crippen LogP contribution in [0.1, 0.15) is 58.8 Å². The van der Waals surface area contributed by atoms with E-state index in [4.69, 9.17) is 0 Å². The fourth-order valence-corrected chi connectivity index (χ4v) is 2.81. The van der Waals surface area contributed by atoms with Crippen molar-refractivity contribution >= 4 is 0 Å². The minimum absolute atomic E-state index is 0.0484. The molecule has 0 aliphatic rings. The van der Waals surface area contributed by atoms with Crippen LogP contribution in [-0.4, -0.2) is 24.2 Å². The third-order valence-electron chi connectivity index (χ3n) is 3.83. The summed E-state index contributed by atoms with van der Waals surface area (Å²) in [5, 5.41) is 0. The number of hydrogen-bond acceptors (Lipinski definition) is 0. The highest BCUT2D eigenvalue weighted by Crippen LogP contribution is 2.43. The van der Waals surface area contributed by atoms with Gasteiger partial charge in [-0.05, 0) is 18.3 Å². The topological polar surface area (TPSA) is 0 Å². The van der Waals surface area contributed by atoms with Gasteiger partial charge in [0, 0.05) is 12.8 Å². The molecule has 2 unspecified atom stereocenters. The first-order valence-corrected chi connectivity index (χ1v) is 7.85. The van der Waals surface area contributed by atoms with Gasteiger partial charge in [-0.2, -0.15) is 26.3 Å². The van der Waals surface area contributed by atoms with Crippen molar-refractivity contribution in [2.45, 2.75) is 83.0 Å². The zero-order valence-electron chi connectivity index (χ0n) is 13.9. The summed E-state index contributed by atoms with van der Waals surface area (Å²) in [6.07, 6.45) is -16.8. The molecule has 0 bridgehead atoms. The molecule has 0 aromatic heterocycles. The van der Waals surface area contributed by atoms with E-state index in [1.54, 1.807) is 6.92 Å². The van der Waals surface area contributed by atoms with Crippen molar-refractivity contribution in [3.8, 4) is 0 Å². The summed E-state index contributed by atoms with van der Waals surface area (Å²) >= 11 is 0. The maximum Gasteiger partial charge on any atom is 0.394 e. The molecule has 0 fully saturated rings. The monoisotopic (exact) mass is 392 g/mol. The highest BCUT2D eigenvalue weighted by molar-refractivity contribution is 4.82. The van der Waals surface area contributed by atoms with Gasteiger partial charge < -0.3 is 0 Å². The standard InChI is InChI=1S/C15H22F10/c1-3-4-5-11(7-13(18,19)9-15(23,24)25)10(2)6-12(16,17)8-14(20,21)22/h10-11H,3-9H2,1-2H3. The van der Waals surface area contributed by atoms with Gasteiger partial charge in [0.2, 0.25) is 0 Å². The van der Waals surface area contributed by atoms with Crippen molar-refractivity contribution < 1.29 is 43.9 Å². The van der Waals surface area contributed by atoms with Gasteiger partial charge in [0.15, 0.2) is 0 Å². The molecule has 0 saturated carbocycles. The quantitative estimate of drug-likeness (QED) is 0.340. The summed E-state index contributed by atoms with van der Waals surface area (Å²) in [4.78, 5) is 0. The lowest BCUT2D eigenvalue weighted by Gasteiger charge is -2.31. The largest absolute Gasteiger partial charge is 0.394 e. The second-order valence-corrected chi connectivity index (χ2v) is 6.58. The fourth-order valence-electron chi connectivity index (χ4n) is 2.81. The highest BCUT2D eigenvalue weighted by Gasteiger charge is 2.48. The Morgan fingerprint density at radius 2 is 1.08 bits per heavy atom. The van der Waals surface area contributed by atoms with Gasteiger partial charge in [0.05, 0.1) is 0 Å². The summed E-state index contributed by atoms with van der Waals surface area (Å²) in [5.74, 6) is -10.8. The van der Waals surface area contributed by atoms with E-state index >= 15 is 0 Å². The molecule has 2 atom stereocenters. The molecule has 10 heteroatoms. The highest BCUT2D eigenvalue weighted by atomic mass is 19.4. The lowest BCUT2D eigenvalue weighted by atomic mass is 9.80. The lowest BCUT2D eigenvalue weighted by Crippen LogP contribution is -2.33. The summed E-state index contributed by atoms with van der Waals surface area (Å²) < 4.78 is 127. The summed E-state index contributed by atoms with van der Waals surface area (Å²) in [5.41, 5.74) is 0. The number of alkyl halides is 10. The van der Waals surface area contributed by atoms with Crippen LogP contribution in [0.5, 0.6) is 0 Å². The van der Waals surface area contributed by atoms with E-state index in [1.165, 1.54) is 0 Å². The molecule has 0 rings (SSSR count). The van der Waals surface area contributed by atoms with Crippen LogP contribution >= 0.6 is 0 Å². The van der Waals surface area contributed by atoms with E-state index in [0.29, 0.717) is 12.8 Å². The molecule has 0 nitrogen and oxygen atoms in total. The smallest absolute Gasteiger partial charge is 0.207 e. The predicted octanol–water partition coefficient (Wildman–Crippen LogP) is 7.38. The molecule has 0 amide bonds. The Hall–Kier alpha value is -0.700. The molecular formula is C15H22F10. The average Bonchev–Trinajstić information content (AvgIpc) is 2.26. The van der Waals surface area contributed by atoms with E-state index in [9.17, 15) is 43.9 Å². The van der Waals surface area contributed by atoms with Crippen molar-refractivity contribution in [3.05, 3.63) is 0 Å². The molecular weight excluding hydrogens is 370 g/mol. The Bertz CT molecular complexity index is 383. The van der Waals surface area contributed by atoms with Gasteiger partial charge in [-0.1, -0.05) is 26.7 Å². The first-order chi connectivity index (χ1) is 11.0. The molecule has 0 heterocycles. The molecule has 0 aliphatic heterocycles. The normalized spacial score (nSPS) is 16.8. The van der Waals surface area contributed by atoms with Crippen molar-refractivity contribution in [1.82, 2.24) is 0 Å². The van der Waals surface area contributed by atoms with Gasteiger partial charge >= 0.3 is 12.4 Å². The number of hydrogen-bond donors (Lipinski definition) is 0. The molecule has 0 aromatic rings. The Morgan fingerprint density at radius 3 is 1.44 bits per heavy atom. The fraction of sp³-hybridized carbons (Fsp3) is 1.00. The second-order valence-electron chi connectivity index (χ2n) is 6.58. The third-order valence-corrected chi connectivity index (χ3v) is 3.83. The van der Waals surface area contributed by atoms with Crippen molar-refractivity contribution in [3.63, 3.8) is 0 Å². The van der Waals surface area contributed by atoms with Crippen LogP contribution in [0.3, 0.4) is 0 Å². The first-order valence-electron chi connectivity index (χ1n) is 7.85. The van der Waals surface area contributed by atoms with Crippen LogP contribution in [-0.2, 0) is 0 Å². The number of rotatable bonds is 10. The van der Waals surface area contributed by atoms with Crippen molar-refractivity contribution in [1.29, 1.82) is 0 Å². The molecule has 0 spiro atoms. The van der Waals surface area contributed by atoms with Crippen LogP contribution in [0.4, 0.5) is 43.9 Å². The molecule has 0 aliphatic carbocycles. The maximum atomic E-state index is 13.6. The van der Waals surface area contributed by atoms with E-state index in [2.05, 4.69) is 0 Å². The molecule has 0 N–H and O–H groups in total. The number of unbranched alkanes of at least 4 members (excludes halogenated alkanes) is 1. The van der Waals surface area contributed by atoms with E-state index < -0.39 is 61.7 Å². The second kappa shape index (κ2) is 8.79. The lowest BCUT2D eigenvalue weighted by molar-refractivity contribution is -0.200. The average molecular weight is 392 g/mol. The minimum atomic E-state index is -5.12. The van der Waals surface area contributed by atoms with Gasteiger partial charge in [0.1, 0.15) is 12.8 Å². The van der Waals surface area contributed by atoms with Crippen LogP contribution in [0.2, 0.25) is 0 Å². The molecule has 152 valence electrons. The van der Waals surface area contributed by atoms with E-state index in [1.807, 2.05) is 0 Å². The van der Waals surface area contributed by atoms with Crippen LogP contribution in [0.15, 0.2) is 0 Å². The van der Waals surface area contributed by atoms with Gasteiger partial charge in [-0.3, -0.25) is 0 Å². The van der Waals surface area contributed by atoms with Crippen molar-refractivity contribution in [2.75, 3.05) is 0 Å². The van der Waals surface area contributed by atoms with Crippen LogP contribution in [0.25, 0.3) is 0 Å². The third kappa shape index (κ3) is 12.3. The Kier molecular flexibility index (Phi) is 8.55. The minimum Gasteiger partial charge on any atom is -0.207 e. The van der Waals surface area contributed by atoms with E-state index in [-0.39, 0.29) is 6.42 Å². The molecule has 25 heavy (non-hydrogen) atoms. The maximum absolute atomic E-state index is 13.6. The molecule has 0 saturated heterocycles. The number of halogens is 10. The van der Waals surface area contributed by atoms with E-state index in [0.717, 1.165) is 6.92 Å². The van der Waals surface area contributed by atoms with Crippen molar-refractivity contribution in [2.24, 2.45) is 11.8 Å².